The molecule has 0 rings (SSSR count). The lowest BCUT2D eigenvalue weighted by molar-refractivity contribution is -0.191. The minimum absolute atomic E-state index is 0.131. The summed E-state index contributed by atoms with van der Waals surface area (Å²) in [7, 11) is 0. The van der Waals surface area contributed by atoms with Gasteiger partial charge in [-0.05, 0) is 164 Å². The van der Waals surface area contributed by atoms with Crippen LogP contribution in [0.15, 0.2) is 0 Å². The second-order valence-electron chi connectivity index (χ2n) is 37.5. The summed E-state index contributed by atoms with van der Waals surface area (Å²) in [5.41, 5.74) is 0. The second-order valence-corrected chi connectivity index (χ2v) is 37.5. The van der Waals surface area contributed by atoms with Crippen LogP contribution >= 0.6 is 0 Å². The Morgan fingerprint density at radius 2 is 0.341 bits per heavy atom. The van der Waals surface area contributed by atoms with E-state index < -0.39 is 180 Å². The average molecular weight is 1920 g/mol. The molecule has 0 saturated heterocycles. The number of hydrogen-bond donors (Lipinski definition) is 0. The van der Waals surface area contributed by atoms with E-state index in [2.05, 4.69) is 55.4 Å². The molecular formula is C93H173F33. The molecule has 126 heavy (non-hydrogen) atoms. The standard InChI is InChI=1S/C10H16F6.C10H19F3.C10H22.2C9H14F6.4C9H17F3.C9H20/c1-7(2)8(3-5-9(11,12)13)4-6-10(14,15)16;1-4-5-9(8(2)3)6-7-10(11,12)13;1-5-7-10(8-6-2)9(3)4;1-6(2)7(5-9(13,14)15)3-4-8(10,11)12;1-6(2)7(9(13,14)15)4-3-5-8(10,11)12;1-7(2)8(3)5-4-6-9(10,11)12;1-4-8(7(2)3)5-6-9(10,11)12;1-4-5-8(7(2)3)6-9(10,11)12;1-4-5-6-8(7(2)3)9(10,11)12;1-5-6-7-9(4)8(2)3/h7-8H,3-6H2,1-2H3;8-9H,4-7H2,1-3H3;9-10H,5-8H2,1-4H3;2*6-7H,3-5H2,1-2H3;4*7-8H,4-6H2,1-3H3;8-9H,5-7H2,1-4H3. The Bertz CT molecular complexity index is 2280. The van der Waals surface area contributed by atoms with E-state index in [1.165, 1.54) is 72.6 Å². The third-order valence-electron chi connectivity index (χ3n) is 22.5. The molecule has 0 aromatic carbocycles. The Kier molecular flexibility index (Phi) is 84.6. The van der Waals surface area contributed by atoms with Crippen LogP contribution in [0.25, 0.3) is 0 Å². The first-order valence-electron chi connectivity index (χ1n) is 46.0. The molecule has 0 bridgehead atoms. The van der Waals surface area contributed by atoms with Gasteiger partial charge in [-0.1, -0.05) is 297 Å². The maximum Gasteiger partial charge on any atom is 0.392 e. The lowest BCUT2D eigenvalue weighted by atomic mass is 9.87. The van der Waals surface area contributed by atoms with Crippen molar-refractivity contribution in [1.82, 2.24) is 0 Å². The highest BCUT2D eigenvalue weighted by Crippen LogP contribution is 2.41. The Balaban J connectivity index is -0.000000149. The third-order valence-corrected chi connectivity index (χ3v) is 22.5. The van der Waals surface area contributed by atoms with Gasteiger partial charge in [-0.25, -0.2) is 0 Å². The van der Waals surface area contributed by atoms with Crippen LogP contribution < -0.4 is 0 Å². The van der Waals surface area contributed by atoms with E-state index in [4.69, 9.17) is 0 Å². The summed E-state index contributed by atoms with van der Waals surface area (Å²) < 4.78 is 394. The average Bonchev–Trinajstić information content (AvgIpc) is 0.874. The van der Waals surface area contributed by atoms with Gasteiger partial charge in [0.25, 0.3) is 0 Å². The molecule has 0 amide bonds. The van der Waals surface area contributed by atoms with E-state index in [9.17, 15) is 145 Å². The molecule has 0 nitrogen and oxygen atoms in total. The van der Waals surface area contributed by atoms with Crippen LogP contribution in [0.3, 0.4) is 0 Å². The van der Waals surface area contributed by atoms with Crippen LogP contribution in [0, 0.1) is 118 Å². The molecule has 0 aliphatic carbocycles. The first kappa shape index (κ1) is 144. The quantitative estimate of drug-likeness (QED) is 0.0534. The third kappa shape index (κ3) is 112. The van der Waals surface area contributed by atoms with Gasteiger partial charge in [0.15, 0.2) is 0 Å². The number of hydrogen-bond acceptors (Lipinski definition) is 0. The van der Waals surface area contributed by atoms with Crippen molar-refractivity contribution in [3.05, 3.63) is 0 Å². The summed E-state index contributed by atoms with van der Waals surface area (Å²) in [6, 6.07) is 0. The van der Waals surface area contributed by atoms with Gasteiger partial charge in [-0.3, -0.25) is 0 Å². The van der Waals surface area contributed by atoms with Gasteiger partial charge < -0.3 is 0 Å². The lowest BCUT2D eigenvalue weighted by Gasteiger charge is -2.23. The molecule has 776 valence electrons. The predicted octanol–water partition coefficient (Wildman–Crippen LogP) is 41.8. The predicted molar refractivity (Wildman–Crippen MR) is 453 cm³/mol. The highest BCUT2D eigenvalue weighted by molar-refractivity contribution is 4.76. The van der Waals surface area contributed by atoms with Crippen molar-refractivity contribution in [3.8, 4) is 0 Å². The monoisotopic (exact) mass is 1920 g/mol. The minimum Gasteiger partial charge on any atom is -0.171 e. The fourth-order valence-corrected chi connectivity index (χ4v) is 13.1. The number of unbranched alkanes of at least 4 members (excludes halogenated alkanes) is 2. The van der Waals surface area contributed by atoms with Crippen molar-refractivity contribution < 1.29 is 145 Å². The van der Waals surface area contributed by atoms with Crippen molar-refractivity contribution in [2.45, 2.75) is 481 Å². The Labute approximate surface area is 741 Å². The van der Waals surface area contributed by atoms with E-state index in [1.54, 1.807) is 27.7 Å². The van der Waals surface area contributed by atoms with Gasteiger partial charge in [0.1, 0.15) is 0 Å². The van der Waals surface area contributed by atoms with Crippen molar-refractivity contribution in [1.29, 1.82) is 0 Å². The van der Waals surface area contributed by atoms with Crippen LogP contribution in [0.1, 0.15) is 413 Å². The fourth-order valence-electron chi connectivity index (χ4n) is 13.1. The lowest BCUT2D eigenvalue weighted by Crippen LogP contribution is -2.28. The molecule has 0 N–H and O–H groups in total. The molecule has 0 aromatic rings. The number of alkyl halides is 33. The van der Waals surface area contributed by atoms with Crippen molar-refractivity contribution in [2.24, 2.45) is 118 Å². The molecular weight excluding hydrogens is 1740 g/mol. The van der Waals surface area contributed by atoms with E-state index in [0.29, 0.717) is 42.9 Å². The molecule has 0 aliphatic heterocycles. The first-order chi connectivity index (χ1) is 56.3. The van der Waals surface area contributed by atoms with Gasteiger partial charge in [-0.15, -0.1) is 0 Å². The maximum absolute atomic E-state index is 12.3. The minimum atomic E-state index is -4.40. The SMILES string of the molecule is CC(C)C(C)CCCC(F)(F)F.CC(C)C(CCC(F)(F)F)CC(F)(F)F.CC(C)C(CCC(F)(F)F)CCC(F)(F)F.CC(C)C(CCCC(F)(F)F)C(F)(F)F.CCC(CCC(F)(F)F)C(C)C.CCCC(CC(F)(F)F)C(C)C.CCCC(CCC(F)(F)F)C(C)C.CCCC(CCC)C(C)C.CCCCC(C(C)C)C(F)(F)F.CCCCC(C)C(C)C. The molecule has 0 saturated carbocycles. The zero-order chi connectivity index (χ0) is 102. The van der Waals surface area contributed by atoms with Crippen molar-refractivity contribution in [3.63, 3.8) is 0 Å². The Hall–Kier alpha value is -2.31. The fraction of sp³-hybridized carbons (Fsp3) is 1.00. The highest BCUT2D eigenvalue weighted by Gasteiger charge is 2.44. The Morgan fingerprint density at radius 3 is 0.532 bits per heavy atom. The largest absolute Gasteiger partial charge is 0.392 e. The molecule has 0 heterocycles. The zero-order valence-electron chi connectivity index (χ0n) is 81.9. The molecule has 8 atom stereocenters. The number of rotatable bonds is 43. The van der Waals surface area contributed by atoms with Gasteiger partial charge >= 0.3 is 67.9 Å². The van der Waals surface area contributed by atoms with E-state index in [1.807, 2.05) is 90.0 Å². The number of halogens is 33. The smallest absolute Gasteiger partial charge is 0.171 e. The van der Waals surface area contributed by atoms with E-state index in [0.717, 1.165) is 55.8 Å². The van der Waals surface area contributed by atoms with Gasteiger partial charge in [0.05, 0.1) is 11.8 Å². The summed E-state index contributed by atoms with van der Waals surface area (Å²) in [6.07, 6.45) is -38.6. The van der Waals surface area contributed by atoms with Gasteiger partial charge in [-0.2, -0.15) is 145 Å². The topological polar surface area (TPSA) is 0 Å². The Morgan fingerprint density at radius 1 is 0.159 bits per heavy atom. The summed E-state index contributed by atoms with van der Waals surface area (Å²) in [5.74, 6) is -0.123. The molecule has 0 aromatic heterocycles. The normalized spacial score (nSPS) is 14.8. The summed E-state index contributed by atoms with van der Waals surface area (Å²) in [4.78, 5) is 0. The van der Waals surface area contributed by atoms with Crippen molar-refractivity contribution >= 4 is 0 Å². The van der Waals surface area contributed by atoms with Crippen LogP contribution in [-0.4, -0.2) is 67.9 Å². The molecule has 0 spiro atoms. The summed E-state index contributed by atoms with van der Waals surface area (Å²) >= 11 is 0. The van der Waals surface area contributed by atoms with Gasteiger partial charge in [0, 0.05) is 57.8 Å². The molecule has 0 radical (unpaired) electrons. The van der Waals surface area contributed by atoms with Crippen LogP contribution in [0.5, 0.6) is 0 Å². The van der Waals surface area contributed by atoms with Crippen LogP contribution in [-0.2, 0) is 0 Å². The van der Waals surface area contributed by atoms with E-state index >= 15 is 0 Å². The molecule has 8 unspecified atom stereocenters. The zero-order valence-corrected chi connectivity index (χ0v) is 81.9. The molecule has 0 aliphatic rings. The molecule has 0 fully saturated rings. The van der Waals surface area contributed by atoms with Crippen LogP contribution in [0.4, 0.5) is 145 Å². The molecule has 33 heteroatoms. The maximum atomic E-state index is 12.3. The van der Waals surface area contributed by atoms with E-state index in [-0.39, 0.29) is 74.0 Å². The highest BCUT2D eigenvalue weighted by atomic mass is 19.5. The van der Waals surface area contributed by atoms with Gasteiger partial charge in [0.2, 0.25) is 0 Å². The first-order valence-corrected chi connectivity index (χ1v) is 46.0. The van der Waals surface area contributed by atoms with Crippen molar-refractivity contribution in [2.75, 3.05) is 0 Å². The second kappa shape index (κ2) is 74.0. The van der Waals surface area contributed by atoms with Crippen LogP contribution in [0.2, 0.25) is 0 Å². The summed E-state index contributed by atoms with van der Waals surface area (Å²) in [6.45, 7) is 56.3. The summed E-state index contributed by atoms with van der Waals surface area (Å²) in [5, 5.41) is 0.